The number of rotatable bonds is 10. The third-order valence-electron chi connectivity index (χ3n) is 4.81. The molecule has 0 fully saturated rings. The van der Waals surface area contributed by atoms with Crippen molar-refractivity contribution < 1.29 is 9.52 Å². The van der Waals surface area contributed by atoms with Crippen molar-refractivity contribution >= 4 is 24.2 Å². The first kappa shape index (κ1) is 24.0. The van der Waals surface area contributed by atoms with Crippen LogP contribution in [0.3, 0.4) is 0 Å². The van der Waals surface area contributed by atoms with Crippen molar-refractivity contribution in [2.75, 3.05) is 12.3 Å². The highest BCUT2D eigenvalue weighted by Crippen LogP contribution is 2.24. The van der Waals surface area contributed by atoms with Crippen LogP contribution in [0.25, 0.3) is 17.0 Å². The Bertz CT molecular complexity index is 1080. The standard InChI is InChI=1S/C23H25N5O2S.ClH/c1-17(29)18-8-10-19(11-9-18)22-13-12-21(30-22)16-24-14-5-15-31-23-25-26-27-28(23)20-6-3-2-4-7-20;/h2-4,6-13,17,24,29H,5,14-16H2,1H3;1H. The molecule has 2 N–H and O–H groups in total. The van der Waals surface area contributed by atoms with E-state index in [0.717, 1.165) is 52.2 Å². The lowest BCUT2D eigenvalue weighted by Gasteiger charge is -2.05. The van der Waals surface area contributed by atoms with Gasteiger partial charge in [0.15, 0.2) is 0 Å². The van der Waals surface area contributed by atoms with E-state index in [9.17, 15) is 5.11 Å². The van der Waals surface area contributed by atoms with Gasteiger partial charge in [-0.2, -0.15) is 4.68 Å². The molecule has 0 saturated carbocycles. The number of benzene rings is 2. The molecular formula is C23H26ClN5O2S. The number of hydrogen-bond acceptors (Lipinski definition) is 7. The maximum atomic E-state index is 9.62. The Balaban J connectivity index is 0.00000289. The smallest absolute Gasteiger partial charge is 0.214 e. The number of furan rings is 1. The zero-order valence-corrected chi connectivity index (χ0v) is 19.4. The number of aliphatic hydroxyl groups excluding tert-OH is 1. The van der Waals surface area contributed by atoms with Crippen LogP contribution < -0.4 is 5.32 Å². The minimum absolute atomic E-state index is 0. The van der Waals surface area contributed by atoms with Gasteiger partial charge in [0.25, 0.3) is 0 Å². The van der Waals surface area contributed by atoms with Gasteiger partial charge in [-0.1, -0.05) is 54.2 Å². The largest absolute Gasteiger partial charge is 0.460 e. The van der Waals surface area contributed by atoms with Crippen LogP contribution in [0.2, 0.25) is 0 Å². The number of aliphatic hydroxyl groups is 1. The van der Waals surface area contributed by atoms with E-state index < -0.39 is 6.10 Å². The van der Waals surface area contributed by atoms with Crippen molar-refractivity contribution in [1.82, 2.24) is 25.5 Å². The molecule has 4 aromatic rings. The molecular weight excluding hydrogens is 446 g/mol. The van der Waals surface area contributed by atoms with Gasteiger partial charge >= 0.3 is 0 Å². The number of tetrazole rings is 1. The lowest BCUT2D eigenvalue weighted by molar-refractivity contribution is 0.199. The summed E-state index contributed by atoms with van der Waals surface area (Å²) in [5.74, 6) is 2.65. The van der Waals surface area contributed by atoms with Crippen LogP contribution in [0.15, 0.2) is 76.3 Å². The number of hydrogen-bond donors (Lipinski definition) is 2. The predicted molar refractivity (Wildman–Crippen MR) is 128 cm³/mol. The van der Waals surface area contributed by atoms with Crippen LogP contribution in [0, 0.1) is 0 Å². The molecule has 0 aliphatic rings. The van der Waals surface area contributed by atoms with Gasteiger partial charge < -0.3 is 14.8 Å². The summed E-state index contributed by atoms with van der Waals surface area (Å²) in [4.78, 5) is 0. The van der Waals surface area contributed by atoms with Crippen molar-refractivity contribution in [3.63, 3.8) is 0 Å². The van der Waals surface area contributed by atoms with Gasteiger partial charge in [0, 0.05) is 11.3 Å². The van der Waals surface area contributed by atoms with E-state index in [1.165, 1.54) is 0 Å². The van der Waals surface area contributed by atoms with E-state index in [0.29, 0.717) is 6.54 Å². The highest BCUT2D eigenvalue weighted by atomic mass is 35.5. The number of halogens is 1. The second kappa shape index (κ2) is 11.8. The third kappa shape index (κ3) is 6.20. The third-order valence-corrected chi connectivity index (χ3v) is 5.81. The molecule has 0 saturated heterocycles. The van der Waals surface area contributed by atoms with Gasteiger partial charge in [-0.05, 0) is 60.1 Å². The Morgan fingerprint density at radius 3 is 2.59 bits per heavy atom. The second-order valence-corrected chi connectivity index (χ2v) is 8.21. The summed E-state index contributed by atoms with van der Waals surface area (Å²) in [7, 11) is 0. The summed E-state index contributed by atoms with van der Waals surface area (Å²) in [6.45, 7) is 3.31. The van der Waals surface area contributed by atoms with Gasteiger partial charge in [0.2, 0.25) is 5.16 Å². The van der Waals surface area contributed by atoms with Crippen LogP contribution in [0.4, 0.5) is 0 Å². The Morgan fingerprint density at radius 2 is 1.84 bits per heavy atom. The average molecular weight is 472 g/mol. The monoisotopic (exact) mass is 471 g/mol. The Hall–Kier alpha value is -2.65. The number of nitrogens with one attached hydrogen (secondary N) is 1. The molecule has 0 bridgehead atoms. The maximum absolute atomic E-state index is 9.62. The molecule has 1 unspecified atom stereocenters. The summed E-state index contributed by atoms with van der Waals surface area (Å²) in [5.41, 5.74) is 2.86. The van der Waals surface area contributed by atoms with E-state index in [-0.39, 0.29) is 12.4 Å². The van der Waals surface area contributed by atoms with Gasteiger partial charge in [0.05, 0.1) is 18.3 Å². The lowest BCUT2D eigenvalue weighted by Crippen LogP contribution is -2.14. The second-order valence-electron chi connectivity index (χ2n) is 7.15. The molecule has 0 aliphatic carbocycles. The molecule has 2 aromatic carbocycles. The van der Waals surface area contributed by atoms with Crippen molar-refractivity contribution in [1.29, 1.82) is 0 Å². The summed E-state index contributed by atoms with van der Waals surface area (Å²) in [5, 5.41) is 25.8. The summed E-state index contributed by atoms with van der Waals surface area (Å²) >= 11 is 1.64. The Morgan fingerprint density at radius 1 is 1.06 bits per heavy atom. The quantitative estimate of drug-likeness (QED) is 0.256. The lowest BCUT2D eigenvalue weighted by atomic mass is 10.1. The minimum atomic E-state index is -0.463. The highest BCUT2D eigenvalue weighted by molar-refractivity contribution is 7.99. The van der Waals surface area contributed by atoms with E-state index in [1.54, 1.807) is 23.4 Å². The zero-order valence-electron chi connectivity index (χ0n) is 17.7. The van der Waals surface area contributed by atoms with Crippen LogP contribution in [0.5, 0.6) is 0 Å². The first-order valence-electron chi connectivity index (χ1n) is 10.2. The fraction of sp³-hybridized carbons (Fsp3) is 0.261. The first-order valence-corrected chi connectivity index (χ1v) is 11.2. The molecule has 0 radical (unpaired) electrons. The molecule has 4 rings (SSSR count). The van der Waals surface area contributed by atoms with Crippen LogP contribution in [-0.2, 0) is 6.54 Å². The van der Waals surface area contributed by atoms with Crippen LogP contribution in [0.1, 0.15) is 30.8 Å². The Labute approximate surface area is 197 Å². The number of thioether (sulfide) groups is 1. The van der Waals surface area contributed by atoms with Gasteiger partial charge in [-0.25, -0.2) is 0 Å². The highest BCUT2D eigenvalue weighted by Gasteiger charge is 2.09. The van der Waals surface area contributed by atoms with Crippen molar-refractivity contribution in [3.05, 3.63) is 78.1 Å². The maximum Gasteiger partial charge on any atom is 0.214 e. The fourth-order valence-corrected chi connectivity index (χ4v) is 3.96. The molecule has 1 atom stereocenters. The molecule has 168 valence electrons. The van der Waals surface area contributed by atoms with E-state index >= 15 is 0 Å². The van der Waals surface area contributed by atoms with Crippen molar-refractivity contribution in [3.8, 4) is 17.0 Å². The minimum Gasteiger partial charge on any atom is -0.460 e. The summed E-state index contributed by atoms with van der Waals surface area (Å²) in [6.07, 6.45) is 0.523. The summed E-state index contributed by atoms with van der Waals surface area (Å²) in [6, 6.07) is 21.7. The predicted octanol–water partition coefficient (Wildman–Crippen LogP) is 4.67. The molecule has 9 heteroatoms. The van der Waals surface area contributed by atoms with E-state index in [4.69, 9.17) is 4.42 Å². The molecule has 32 heavy (non-hydrogen) atoms. The fourth-order valence-electron chi connectivity index (χ4n) is 3.13. The van der Waals surface area contributed by atoms with Crippen molar-refractivity contribution in [2.45, 2.75) is 31.1 Å². The SMILES string of the molecule is CC(O)c1ccc(-c2ccc(CNCCCSc3nnnn3-c3ccccc3)o2)cc1.Cl. The Kier molecular flexibility index (Phi) is 8.87. The van der Waals surface area contributed by atoms with Gasteiger partial charge in [-0.3, -0.25) is 0 Å². The van der Waals surface area contributed by atoms with Gasteiger partial charge in [0.1, 0.15) is 11.5 Å². The normalized spacial score (nSPS) is 11.8. The number of nitrogens with zero attached hydrogens (tertiary/aromatic N) is 4. The topological polar surface area (TPSA) is 89.0 Å². The summed E-state index contributed by atoms with van der Waals surface area (Å²) < 4.78 is 7.70. The van der Waals surface area contributed by atoms with Gasteiger partial charge in [-0.15, -0.1) is 17.5 Å². The molecule has 2 heterocycles. The van der Waals surface area contributed by atoms with E-state index in [2.05, 4.69) is 20.8 Å². The first-order chi connectivity index (χ1) is 15.2. The zero-order chi connectivity index (χ0) is 21.5. The van der Waals surface area contributed by atoms with Crippen LogP contribution >= 0.6 is 24.2 Å². The molecule has 7 nitrogen and oxygen atoms in total. The molecule has 2 aromatic heterocycles. The van der Waals surface area contributed by atoms with Crippen LogP contribution in [-0.4, -0.2) is 37.6 Å². The average Bonchev–Trinajstić information content (AvgIpc) is 3.46. The number of para-hydroxylation sites is 1. The van der Waals surface area contributed by atoms with E-state index in [1.807, 2.05) is 66.7 Å². The number of aromatic nitrogens is 4. The van der Waals surface area contributed by atoms with Crippen molar-refractivity contribution in [2.24, 2.45) is 0 Å². The molecule has 0 aliphatic heterocycles. The molecule has 0 amide bonds. The molecule has 0 spiro atoms.